The minimum absolute atomic E-state index is 0. The summed E-state index contributed by atoms with van der Waals surface area (Å²) in [4.78, 5) is 9.62. The lowest BCUT2D eigenvalue weighted by atomic mass is 10.2. The van der Waals surface area contributed by atoms with E-state index in [1.165, 1.54) is 0 Å². The Labute approximate surface area is 97.3 Å². The molecule has 5 nitrogen and oxygen atoms in total. The molecule has 1 aromatic carbocycles. The van der Waals surface area contributed by atoms with E-state index in [4.69, 9.17) is 10.1 Å². The van der Waals surface area contributed by atoms with Gasteiger partial charge in [0.25, 0.3) is 5.69 Å². The SMILES string of the molecule is CCOC(=N)c1ccc([N+](=O)[O-])cc1F.Cl. The van der Waals surface area contributed by atoms with E-state index in [1.807, 2.05) is 0 Å². The molecule has 0 spiro atoms. The Morgan fingerprint density at radius 2 is 2.25 bits per heavy atom. The molecule has 1 rings (SSSR count). The second-order valence-corrected chi connectivity index (χ2v) is 2.68. The fourth-order valence-electron chi connectivity index (χ4n) is 1.02. The molecule has 88 valence electrons. The number of halogens is 2. The first-order valence-electron chi connectivity index (χ1n) is 4.22. The Balaban J connectivity index is 0.00000225. The molecule has 0 atom stereocenters. The highest BCUT2D eigenvalue weighted by Crippen LogP contribution is 2.17. The van der Waals surface area contributed by atoms with Crippen LogP contribution in [0.2, 0.25) is 0 Å². The van der Waals surface area contributed by atoms with Gasteiger partial charge in [-0.2, -0.15) is 0 Å². The number of nitro groups is 1. The molecule has 0 saturated heterocycles. The molecule has 0 aliphatic carbocycles. The van der Waals surface area contributed by atoms with Crippen molar-refractivity contribution in [2.24, 2.45) is 0 Å². The van der Waals surface area contributed by atoms with Crippen LogP contribution in [0.25, 0.3) is 0 Å². The molecule has 0 unspecified atom stereocenters. The van der Waals surface area contributed by atoms with Crippen LogP contribution in [0.5, 0.6) is 0 Å². The zero-order valence-electron chi connectivity index (χ0n) is 8.40. The lowest BCUT2D eigenvalue weighted by Crippen LogP contribution is -2.07. The van der Waals surface area contributed by atoms with E-state index in [0.717, 1.165) is 18.2 Å². The van der Waals surface area contributed by atoms with Crippen LogP contribution in [0.1, 0.15) is 12.5 Å². The molecule has 1 aromatic rings. The minimum atomic E-state index is -0.831. The first-order chi connectivity index (χ1) is 7.06. The summed E-state index contributed by atoms with van der Waals surface area (Å²) in [6.45, 7) is 1.91. The molecule has 16 heavy (non-hydrogen) atoms. The van der Waals surface area contributed by atoms with E-state index in [1.54, 1.807) is 6.92 Å². The highest BCUT2D eigenvalue weighted by Gasteiger charge is 2.14. The van der Waals surface area contributed by atoms with Gasteiger partial charge in [0.2, 0.25) is 5.90 Å². The zero-order chi connectivity index (χ0) is 11.4. The van der Waals surface area contributed by atoms with Crippen molar-refractivity contribution in [2.45, 2.75) is 6.92 Å². The molecule has 7 heteroatoms. The first kappa shape index (κ1) is 14.3. The van der Waals surface area contributed by atoms with Gasteiger partial charge in [-0.1, -0.05) is 0 Å². The van der Waals surface area contributed by atoms with Crippen LogP contribution in [-0.2, 0) is 4.74 Å². The summed E-state index contributed by atoms with van der Waals surface area (Å²) in [5.41, 5.74) is -0.428. The van der Waals surface area contributed by atoms with Crippen LogP contribution in [0.3, 0.4) is 0 Å². The lowest BCUT2D eigenvalue weighted by Gasteiger charge is -2.05. The van der Waals surface area contributed by atoms with E-state index in [2.05, 4.69) is 0 Å². The molecule has 0 aromatic heterocycles. The topological polar surface area (TPSA) is 76.2 Å². The molecule has 0 amide bonds. The van der Waals surface area contributed by atoms with Crippen molar-refractivity contribution in [1.82, 2.24) is 0 Å². The maximum Gasteiger partial charge on any atom is 0.272 e. The van der Waals surface area contributed by atoms with Crippen molar-refractivity contribution in [2.75, 3.05) is 6.61 Å². The molecule has 0 radical (unpaired) electrons. The van der Waals surface area contributed by atoms with Gasteiger partial charge in [0.15, 0.2) is 0 Å². The van der Waals surface area contributed by atoms with Gasteiger partial charge in [-0.05, 0) is 13.0 Å². The number of nitro benzene ring substituents is 1. The third kappa shape index (κ3) is 3.16. The molecule has 0 saturated carbocycles. The highest BCUT2D eigenvalue weighted by atomic mass is 35.5. The predicted octanol–water partition coefficient (Wildman–Crippen LogP) is 2.52. The fraction of sp³-hybridized carbons (Fsp3) is 0.222. The standard InChI is InChI=1S/C9H9FN2O3.ClH/c1-2-15-9(11)7-4-3-6(12(13)14)5-8(7)10;/h3-5,11H,2H2,1H3;1H. The van der Waals surface area contributed by atoms with Gasteiger partial charge in [-0.3, -0.25) is 15.5 Å². The molecule has 0 heterocycles. The van der Waals surface area contributed by atoms with Crippen LogP contribution < -0.4 is 0 Å². The summed E-state index contributed by atoms with van der Waals surface area (Å²) in [6.07, 6.45) is 0. The van der Waals surface area contributed by atoms with E-state index < -0.39 is 10.7 Å². The average Bonchev–Trinajstić information content (AvgIpc) is 2.17. The summed E-state index contributed by atoms with van der Waals surface area (Å²) in [7, 11) is 0. The van der Waals surface area contributed by atoms with Gasteiger partial charge in [-0.15, -0.1) is 12.4 Å². The molecule has 0 fully saturated rings. The second-order valence-electron chi connectivity index (χ2n) is 2.68. The van der Waals surface area contributed by atoms with E-state index in [-0.39, 0.29) is 36.2 Å². The third-order valence-electron chi connectivity index (χ3n) is 1.70. The number of hydrogen-bond donors (Lipinski definition) is 1. The smallest absolute Gasteiger partial charge is 0.272 e. The minimum Gasteiger partial charge on any atom is -0.478 e. The predicted molar refractivity (Wildman–Crippen MR) is 58.8 cm³/mol. The molecule has 0 aliphatic rings. The fourth-order valence-corrected chi connectivity index (χ4v) is 1.02. The van der Waals surface area contributed by atoms with Crippen LogP contribution in [0.15, 0.2) is 18.2 Å². The Morgan fingerprint density at radius 1 is 1.62 bits per heavy atom. The van der Waals surface area contributed by atoms with Gasteiger partial charge in [0.05, 0.1) is 23.2 Å². The maximum atomic E-state index is 13.3. The zero-order valence-corrected chi connectivity index (χ0v) is 9.21. The summed E-state index contributed by atoms with van der Waals surface area (Å²) >= 11 is 0. The normalized spacial score (nSPS) is 9.12. The largest absolute Gasteiger partial charge is 0.478 e. The lowest BCUT2D eigenvalue weighted by molar-refractivity contribution is -0.385. The molecular formula is C9H10ClFN2O3. The summed E-state index contributed by atoms with van der Waals surface area (Å²) in [6, 6.07) is 3.06. The number of rotatable bonds is 3. The number of ether oxygens (including phenoxy) is 1. The van der Waals surface area contributed by atoms with Crippen LogP contribution in [-0.4, -0.2) is 17.4 Å². The van der Waals surface area contributed by atoms with Gasteiger partial charge in [0.1, 0.15) is 5.82 Å². The summed E-state index contributed by atoms with van der Waals surface area (Å²) < 4.78 is 18.0. The molecular weight excluding hydrogens is 239 g/mol. The van der Waals surface area contributed by atoms with Crippen molar-refractivity contribution >= 4 is 24.0 Å². The van der Waals surface area contributed by atoms with Gasteiger partial charge in [-0.25, -0.2) is 4.39 Å². The quantitative estimate of drug-likeness (QED) is 0.386. The third-order valence-corrected chi connectivity index (χ3v) is 1.70. The number of hydrogen-bond acceptors (Lipinski definition) is 4. The molecule has 0 aliphatic heterocycles. The van der Waals surface area contributed by atoms with Crippen LogP contribution in [0, 0.1) is 21.3 Å². The van der Waals surface area contributed by atoms with Crippen molar-refractivity contribution in [1.29, 1.82) is 5.41 Å². The highest BCUT2D eigenvalue weighted by molar-refractivity contribution is 5.92. The number of benzene rings is 1. The maximum absolute atomic E-state index is 13.3. The Kier molecular flexibility index (Phi) is 5.38. The average molecular weight is 249 g/mol. The van der Waals surface area contributed by atoms with Crippen molar-refractivity contribution < 1.29 is 14.1 Å². The van der Waals surface area contributed by atoms with Crippen LogP contribution >= 0.6 is 12.4 Å². The van der Waals surface area contributed by atoms with Crippen LogP contribution in [0.4, 0.5) is 10.1 Å². The Morgan fingerprint density at radius 3 is 2.69 bits per heavy atom. The molecule has 0 bridgehead atoms. The first-order valence-corrected chi connectivity index (χ1v) is 4.22. The number of nitrogens with one attached hydrogen (secondary N) is 1. The van der Waals surface area contributed by atoms with E-state index in [9.17, 15) is 14.5 Å². The van der Waals surface area contributed by atoms with Gasteiger partial charge in [0, 0.05) is 6.07 Å². The number of nitrogens with zero attached hydrogens (tertiary/aromatic N) is 1. The monoisotopic (exact) mass is 248 g/mol. The van der Waals surface area contributed by atoms with Crippen molar-refractivity contribution in [3.63, 3.8) is 0 Å². The Hall–Kier alpha value is -1.69. The Bertz CT molecular complexity index is 412. The summed E-state index contributed by atoms with van der Waals surface area (Å²) in [5, 5.41) is 17.6. The van der Waals surface area contributed by atoms with Gasteiger partial charge >= 0.3 is 0 Å². The van der Waals surface area contributed by atoms with Gasteiger partial charge < -0.3 is 4.74 Å². The number of non-ortho nitro benzene ring substituents is 1. The van der Waals surface area contributed by atoms with E-state index in [0.29, 0.717) is 0 Å². The second kappa shape index (κ2) is 6.02. The van der Waals surface area contributed by atoms with E-state index >= 15 is 0 Å². The van der Waals surface area contributed by atoms with Crippen molar-refractivity contribution in [3.8, 4) is 0 Å². The summed E-state index contributed by atoms with van der Waals surface area (Å²) in [5.74, 6) is -1.16. The van der Waals surface area contributed by atoms with Crippen molar-refractivity contribution in [3.05, 3.63) is 39.7 Å². The molecule has 1 N–H and O–H groups in total.